The van der Waals surface area contributed by atoms with Gasteiger partial charge in [0.2, 0.25) is 0 Å². The van der Waals surface area contributed by atoms with Gasteiger partial charge >= 0.3 is 0 Å². The number of likely N-dealkylation sites (tertiary alicyclic amines) is 2. The van der Waals surface area contributed by atoms with Crippen molar-refractivity contribution < 1.29 is 14.3 Å². The lowest BCUT2D eigenvalue weighted by Crippen LogP contribution is -2.62. The summed E-state index contributed by atoms with van der Waals surface area (Å²) in [7, 11) is 2.04. The van der Waals surface area contributed by atoms with E-state index in [2.05, 4.69) is 4.90 Å². The van der Waals surface area contributed by atoms with Gasteiger partial charge in [-0.25, -0.2) is 4.39 Å². The molecule has 1 N–H and O–H groups in total. The van der Waals surface area contributed by atoms with E-state index in [1.807, 2.05) is 7.05 Å². The summed E-state index contributed by atoms with van der Waals surface area (Å²) in [5.74, 6) is -0.700. The van der Waals surface area contributed by atoms with Gasteiger partial charge in [-0.2, -0.15) is 0 Å². The van der Waals surface area contributed by atoms with Crippen LogP contribution in [0.25, 0.3) is 0 Å². The molecule has 0 bridgehead atoms. The molecule has 0 saturated carbocycles. The minimum absolute atomic E-state index is 0.129. The molecule has 0 spiro atoms. The molecule has 2 atom stereocenters. The predicted molar refractivity (Wildman–Crippen MR) is 87.1 cm³/mol. The molecular weight excluding hydrogens is 319 g/mol. The van der Waals surface area contributed by atoms with E-state index in [1.54, 1.807) is 4.90 Å². The Balaban J connectivity index is 1.83. The highest BCUT2D eigenvalue weighted by molar-refractivity contribution is 6.33. The van der Waals surface area contributed by atoms with Crippen LogP contribution in [0.4, 0.5) is 4.39 Å². The largest absolute Gasteiger partial charge is 0.396 e. The molecule has 0 aliphatic carbocycles. The average Bonchev–Trinajstić information content (AvgIpc) is 2.56. The van der Waals surface area contributed by atoms with Crippen molar-refractivity contribution in [2.45, 2.75) is 25.3 Å². The third-order valence-corrected chi connectivity index (χ3v) is 5.79. The summed E-state index contributed by atoms with van der Waals surface area (Å²) in [5.41, 5.74) is 0.0804. The maximum absolute atomic E-state index is 13.5. The molecule has 1 aromatic rings. The van der Waals surface area contributed by atoms with Crippen molar-refractivity contribution in [2.24, 2.45) is 5.41 Å². The number of nitrogens with zero attached hydrogens (tertiary/aromatic N) is 2. The monoisotopic (exact) mass is 340 g/mol. The summed E-state index contributed by atoms with van der Waals surface area (Å²) in [5, 5.41) is 10.2. The summed E-state index contributed by atoms with van der Waals surface area (Å²) in [6.07, 6.45) is 2.82. The number of hydrogen-bond donors (Lipinski definition) is 1. The van der Waals surface area contributed by atoms with E-state index in [0.29, 0.717) is 13.1 Å². The van der Waals surface area contributed by atoms with E-state index in [4.69, 9.17) is 11.6 Å². The second kappa shape index (κ2) is 6.38. The quantitative estimate of drug-likeness (QED) is 0.899. The Morgan fingerprint density at radius 1 is 1.43 bits per heavy atom. The van der Waals surface area contributed by atoms with E-state index < -0.39 is 5.82 Å². The first-order valence-electron chi connectivity index (χ1n) is 8.02. The van der Waals surface area contributed by atoms with Gasteiger partial charge in [0.15, 0.2) is 0 Å². The molecule has 1 aromatic carbocycles. The van der Waals surface area contributed by atoms with Gasteiger partial charge < -0.3 is 14.9 Å². The van der Waals surface area contributed by atoms with Crippen molar-refractivity contribution in [1.29, 1.82) is 0 Å². The smallest absolute Gasteiger partial charge is 0.255 e. The first-order valence-corrected chi connectivity index (χ1v) is 8.40. The average molecular weight is 341 g/mol. The minimum atomic E-state index is -0.464. The SMILES string of the molecule is CN1CCC[C@]2(CO)CCN(C(=O)c3cc(F)ccc3Cl)C[C@@H]12. The van der Waals surface area contributed by atoms with E-state index in [9.17, 15) is 14.3 Å². The number of hydrogen-bond acceptors (Lipinski definition) is 3. The Kier molecular flexibility index (Phi) is 4.63. The number of benzene rings is 1. The lowest BCUT2D eigenvalue weighted by Gasteiger charge is -2.53. The van der Waals surface area contributed by atoms with Crippen LogP contribution in [0.1, 0.15) is 29.6 Å². The third kappa shape index (κ3) is 2.97. The Bertz CT molecular complexity index is 612. The van der Waals surface area contributed by atoms with Crippen molar-refractivity contribution in [3.8, 4) is 0 Å². The van der Waals surface area contributed by atoms with Crippen LogP contribution in [-0.4, -0.2) is 60.1 Å². The molecule has 0 aromatic heterocycles. The molecule has 3 rings (SSSR count). The summed E-state index contributed by atoms with van der Waals surface area (Å²) in [6.45, 7) is 2.22. The number of halogens is 2. The van der Waals surface area contributed by atoms with Gasteiger partial charge in [-0.05, 0) is 51.1 Å². The fourth-order valence-electron chi connectivity index (χ4n) is 4.03. The van der Waals surface area contributed by atoms with Gasteiger partial charge in [-0.1, -0.05) is 11.6 Å². The van der Waals surface area contributed by atoms with Crippen molar-refractivity contribution in [3.63, 3.8) is 0 Å². The van der Waals surface area contributed by atoms with Crippen LogP contribution < -0.4 is 0 Å². The lowest BCUT2D eigenvalue weighted by atomic mass is 9.69. The van der Waals surface area contributed by atoms with Crippen molar-refractivity contribution in [2.75, 3.05) is 33.3 Å². The standard InChI is InChI=1S/C17H22ClFN2O2/c1-20-7-2-5-17(11-22)6-8-21(10-15(17)20)16(23)13-9-12(19)3-4-14(13)18/h3-4,9,15,22H,2,5-8,10-11H2,1H3/t15-,17-/m1/s1. The van der Waals surface area contributed by atoms with Crippen LogP contribution in [0, 0.1) is 11.2 Å². The number of fused-ring (bicyclic) bond motifs is 1. The van der Waals surface area contributed by atoms with Crippen LogP contribution in [-0.2, 0) is 0 Å². The Morgan fingerprint density at radius 2 is 2.22 bits per heavy atom. The van der Waals surface area contributed by atoms with Crippen molar-refractivity contribution >= 4 is 17.5 Å². The minimum Gasteiger partial charge on any atom is -0.396 e. The second-order valence-corrected chi connectivity index (χ2v) is 7.15. The van der Waals surface area contributed by atoms with E-state index in [-0.39, 0.29) is 34.6 Å². The van der Waals surface area contributed by atoms with E-state index in [0.717, 1.165) is 25.8 Å². The molecule has 2 aliphatic rings. The highest BCUT2D eigenvalue weighted by Crippen LogP contribution is 2.41. The molecule has 0 unspecified atom stereocenters. The fraction of sp³-hybridized carbons (Fsp3) is 0.588. The van der Waals surface area contributed by atoms with Gasteiger partial charge in [0.05, 0.1) is 17.2 Å². The Hall–Kier alpha value is -1.17. The van der Waals surface area contributed by atoms with Gasteiger partial charge in [0.1, 0.15) is 5.82 Å². The molecule has 6 heteroatoms. The summed E-state index contributed by atoms with van der Waals surface area (Å²) < 4.78 is 13.5. The topological polar surface area (TPSA) is 43.8 Å². The van der Waals surface area contributed by atoms with Crippen molar-refractivity contribution in [1.82, 2.24) is 9.80 Å². The zero-order valence-corrected chi connectivity index (χ0v) is 14.0. The zero-order valence-electron chi connectivity index (χ0n) is 13.3. The fourth-order valence-corrected chi connectivity index (χ4v) is 4.23. The molecule has 2 heterocycles. The number of aliphatic hydroxyl groups is 1. The molecular formula is C17H22ClFN2O2. The normalized spacial score (nSPS) is 28.5. The molecule has 126 valence electrons. The third-order valence-electron chi connectivity index (χ3n) is 5.46. The van der Waals surface area contributed by atoms with Gasteiger partial charge in [-0.15, -0.1) is 0 Å². The number of likely N-dealkylation sites (N-methyl/N-ethyl adjacent to an activating group) is 1. The maximum atomic E-state index is 13.5. The van der Waals surface area contributed by atoms with E-state index >= 15 is 0 Å². The zero-order chi connectivity index (χ0) is 16.6. The first kappa shape index (κ1) is 16.7. The number of carbonyl (C=O) groups is 1. The summed E-state index contributed by atoms with van der Waals surface area (Å²) >= 11 is 6.07. The second-order valence-electron chi connectivity index (χ2n) is 6.75. The molecule has 2 fully saturated rings. The molecule has 1 amide bonds. The number of piperidine rings is 2. The number of rotatable bonds is 2. The maximum Gasteiger partial charge on any atom is 0.255 e. The molecule has 2 saturated heterocycles. The van der Waals surface area contributed by atoms with Gasteiger partial charge in [0, 0.05) is 24.5 Å². The Morgan fingerprint density at radius 3 is 2.96 bits per heavy atom. The van der Waals surface area contributed by atoms with Crippen LogP contribution in [0.2, 0.25) is 5.02 Å². The van der Waals surface area contributed by atoms with Crippen LogP contribution in [0.3, 0.4) is 0 Å². The molecule has 23 heavy (non-hydrogen) atoms. The number of aliphatic hydroxyl groups excluding tert-OH is 1. The summed E-state index contributed by atoms with van der Waals surface area (Å²) in [4.78, 5) is 16.7. The summed E-state index contributed by atoms with van der Waals surface area (Å²) in [6, 6.07) is 3.99. The number of amides is 1. The van der Waals surface area contributed by atoms with Gasteiger partial charge in [-0.3, -0.25) is 4.79 Å². The van der Waals surface area contributed by atoms with Crippen LogP contribution >= 0.6 is 11.6 Å². The lowest BCUT2D eigenvalue weighted by molar-refractivity contribution is -0.0601. The van der Waals surface area contributed by atoms with Crippen LogP contribution in [0.5, 0.6) is 0 Å². The van der Waals surface area contributed by atoms with Crippen molar-refractivity contribution in [3.05, 3.63) is 34.6 Å². The van der Waals surface area contributed by atoms with Gasteiger partial charge in [0.25, 0.3) is 5.91 Å². The van der Waals surface area contributed by atoms with Crippen LogP contribution in [0.15, 0.2) is 18.2 Å². The first-order chi connectivity index (χ1) is 11.0. The van der Waals surface area contributed by atoms with E-state index in [1.165, 1.54) is 18.2 Å². The molecule has 0 radical (unpaired) electrons. The highest BCUT2D eigenvalue weighted by Gasteiger charge is 2.47. The Labute approximate surface area is 140 Å². The molecule has 2 aliphatic heterocycles. The number of carbonyl (C=O) groups excluding carboxylic acids is 1. The highest BCUT2D eigenvalue weighted by atomic mass is 35.5. The molecule has 4 nitrogen and oxygen atoms in total. The predicted octanol–water partition coefficient (Wildman–Crippen LogP) is 2.40.